The zero-order chi connectivity index (χ0) is 23.7. The lowest BCUT2D eigenvalue weighted by atomic mass is 9.93. The van der Waals surface area contributed by atoms with Gasteiger partial charge >= 0.3 is 5.69 Å². The van der Waals surface area contributed by atoms with Crippen LogP contribution in [0.15, 0.2) is 23.1 Å². The Kier molecular flexibility index (Phi) is 6.66. The Morgan fingerprint density at radius 2 is 1.91 bits per heavy atom. The predicted octanol–water partition coefficient (Wildman–Crippen LogP) is 3.89. The number of nitro benzene ring substituents is 1. The molecule has 3 aromatic rings. The molecule has 0 amide bonds. The Hall–Kier alpha value is -2.98. The molecule has 11 heteroatoms. The number of aryl methyl sites for hydroxylation is 3. The van der Waals surface area contributed by atoms with Gasteiger partial charge in [-0.25, -0.2) is 9.78 Å². The van der Waals surface area contributed by atoms with Gasteiger partial charge in [0.1, 0.15) is 17.9 Å². The summed E-state index contributed by atoms with van der Waals surface area (Å²) in [6, 6.07) is 3.25. The summed E-state index contributed by atoms with van der Waals surface area (Å²) in [4.78, 5) is 31.8. The molecule has 33 heavy (non-hydrogen) atoms. The van der Waals surface area contributed by atoms with E-state index in [1.165, 1.54) is 6.07 Å². The highest BCUT2D eigenvalue weighted by Gasteiger charge is 2.27. The van der Waals surface area contributed by atoms with Crippen LogP contribution in [-0.2, 0) is 11.8 Å². The summed E-state index contributed by atoms with van der Waals surface area (Å²) in [6.45, 7) is 4.26. The van der Waals surface area contributed by atoms with Gasteiger partial charge in [0, 0.05) is 18.7 Å². The number of ether oxygens (including phenoxy) is 2. The minimum atomic E-state index is -0.405. The first-order chi connectivity index (χ1) is 15.8. The van der Waals surface area contributed by atoms with Crippen LogP contribution in [0.25, 0.3) is 11.2 Å². The van der Waals surface area contributed by atoms with Crippen LogP contribution in [-0.4, -0.2) is 43.3 Å². The maximum atomic E-state index is 12.8. The van der Waals surface area contributed by atoms with Crippen molar-refractivity contribution in [2.75, 3.05) is 13.2 Å². The van der Waals surface area contributed by atoms with Gasteiger partial charge in [0.25, 0.3) is 5.69 Å². The number of benzene rings is 1. The van der Waals surface area contributed by atoms with Crippen LogP contribution in [0.3, 0.4) is 0 Å². The molecule has 0 bridgehead atoms. The molecule has 2 heterocycles. The van der Waals surface area contributed by atoms with Crippen molar-refractivity contribution in [1.82, 2.24) is 19.1 Å². The normalized spacial score (nSPS) is 18.5. The molecular formula is C22H26ClN5O5. The summed E-state index contributed by atoms with van der Waals surface area (Å²) < 4.78 is 15.0. The van der Waals surface area contributed by atoms with E-state index in [2.05, 4.69) is 9.97 Å². The Morgan fingerprint density at radius 3 is 2.61 bits per heavy atom. The van der Waals surface area contributed by atoms with Gasteiger partial charge in [-0.05, 0) is 62.8 Å². The molecule has 0 unspecified atom stereocenters. The molecule has 1 aliphatic rings. The molecule has 1 fully saturated rings. The van der Waals surface area contributed by atoms with Crippen LogP contribution in [0.4, 0.5) is 5.69 Å². The molecule has 0 atom stereocenters. The van der Waals surface area contributed by atoms with Gasteiger partial charge in [-0.15, -0.1) is 0 Å². The first kappa shape index (κ1) is 23.2. The van der Waals surface area contributed by atoms with Crippen molar-refractivity contribution in [2.24, 2.45) is 7.05 Å². The number of aromatic nitrogens is 4. The van der Waals surface area contributed by atoms with Gasteiger partial charge < -0.3 is 9.47 Å². The Bertz CT molecular complexity index is 1250. The van der Waals surface area contributed by atoms with E-state index in [-0.39, 0.29) is 28.8 Å². The topological polar surface area (TPSA) is 114 Å². The smallest absolute Gasteiger partial charge is 0.330 e. The fraction of sp³-hybridized carbons (Fsp3) is 0.500. The lowest BCUT2D eigenvalue weighted by Gasteiger charge is -2.29. The zero-order valence-corrected chi connectivity index (χ0v) is 19.5. The molecule has 1 aliphatic carbocycles. The highest BCUT2D eigenvalue weighted by atomic mass is 35.5. The lowest BCUT2D eigenvalue weighted by Crippen LogP contribution is -2.31. The average molecular weight is 476 g/mol. The average Bonchev–Trinajstić information content (AvgIpc) is 3.02. The minimum absolute atomic E-state index is 0.0269. The maximum Gasteiger partial charge on any atom is 0.330 e. The summed E-state index contributed by atoms with van der Waals surface area (Å²) >= 11 is 5.96. The van der Waals surface area contributed by atoms with E-state index >= 15 is 0 Å². The quantitative estimate of drug-likeness (QED) is 0.220. The van der Waals surface area contributed by atoms with Crippen molar-refractivity contribution < 1.29 is 14.4 Å². The van der Waals surface area contributed by atoms with Gasteiger partial charge in [0.05, 0.1) is 29.9 Å². The SMILES string of the molecule is Cc1cc(C)c([N+](=O)[O-])cc1OCCOC1CCC(n2c(=O)n(C)c3cnc(Cl)nc32)CC1. The highest BCUT2D eigenvalue weighted by molar-refractivity contribution is 6.28. The second-order valence-electron chi connectivity index (χ2n) is 8.37. The summed E-state index contributed by atoms with van der Waals surface area (Å²) in [6.07, 6.45) is 4.83. The number of fused-ring (bicyclic) bond motifs is 1. The molecule has 4 rings (SSSR count). The lowest BCUT2D eigenvalue weighted by molar-refractivity contribution is -0.385. The van der Waals surface area contributed by atoms with Crippen molar-refractivity contribution in [3.8, 4) is 5.75 Å². The summed E-state index contributed by atoms with van der Waals surface area (Å²) in [7, 11) is 1.71. The van der Waals surface area contributed by atoms with Crippen molar-refractivity contribution in [2.45, 2.75) is 51.7 Å². The van der Waals surface area contributed by atoms with Crippen LogP contribution in [0.5, 0.6) is 5.75 Å². The molecule has 1 saturated carbocycles. The molecule has 176 valence electrons. The third kappa shape index (κ3) is 4.72. The predicted molar refractivity (Wildman–Crippen MR) is 123 cm³/mol. The second-order valence-corrected chi connectivity index (χ2v) is 8.71. The van der Waals surface area contributed by atoms with Gasteiger partial charge in [0.15, 0.2) is 5.65 Å². The van der Waals surface area contributed by atoms with Crippen LogP contribution >= 0.6 is 11.6 Å². The van der Waals surface area contributed by atoms with Crippen molar-refractivity contribution in [3.63, 3.8) is 0 Å². The zero-order valence-electron chi connectivity index (χ0n) is 18.8. The van der Waals surface area contributed by atoms with Crippen molar-refractivity contribution in [3.05, 3.63) is 55.3 Å². The third-order valence-corrected chi connectivity index (χ3v) is 6.38. The van der Waals surface area contributed by atoms with Crippen molar-refractivity contribution in [1.29, 1.82) is 0 Å². The fourth-order valence-electron chi connectivity index (χ4n) is 4.45. The van der Waals surface area contributed by atoms with E-state index in [9.17, 15) is 14.9 Å². The molecule has 2 aromatic heterocycles. The standard InChI is InChI=1S/C22H26ClN5O5/c1-13-10-14(2)19(11-17(13)28(30)31)33-9-8-32-16-6-4-15(5-7-16)27-20-18(26(3)22(27)29)12-24-21(23)25-20/h10-12,15-16H,4-9H2,1-3H3. The number of rotatable bonds is 7. The fourth-order valence-corrected chi connectivity index (χ4v) is 4.58. The molecule has 1 aromatic carbocycles. The van der Waals surface area contributed by atoms with E-state index in [0.717, 1.165) is 31.2 Å². The molecule has 0 N–H and O–H groups in total. The number of imidazole rings is 1. The first-order valence-electron chi connectivity index (χ1n) is 10.9. The van der Waals surface area contributed by atoms with Gasteiger partial charge in [-0.2, -0.15) is 4.98 Å². The summed E-state index contributed by atoms with van der Waals surface area (Å²) in [5, 5.41) is 11.3. The van der Waals surface area contributed by atoms with Crippen LogP contribution in [0.2, 0.25) is 5.28 Å². The Morgan fingerprint density at radius 1 is 1.18 bits per heavy atom. The van der Waals surface area contributed by atoms with E-state index in [1.54, 1.807) is 35.4 Å². The van der Waals surface area contributed by atoms with Crippen LogP contribution < -0.4 is 10.4 Å². The molecular weight excluding hydrogens is 450 g/mol. The van der Waals surface area contributed by atoms with E-state index in [0.29, 0.717) is 35.7 Å². The number of nitrogens with zero attached hydrogens (tertiary/aromatic N) is 5. The molecule has 0 radical (unpaired) electrons. The minimum Gasteiger partial charge on any atom is -0.491 e. The van der Waals surface area contributed by atoms with Crippen LogP contribution in [0.1, 0.15) is 42.9 Å². The molecule has 10 nitrogen and oxygen atoms in total. The Balaban J connectivity index is 1.32. The number of nitro groups is 1. The van der Waals surface area contributed by atoms with E-state index in [1.807, 2.05) is 6.92 Å². The number of hydrogen-bond donors (Lipinski definition) is 0. The van der Waals surface area contributed by atoms with E-state index in [4.69, 9.17) is 21.1 Å². The van der Waals surface area contributed by atoms with Crippen molar-refractivity contribution >= 4 is 28.5 Å². The van der Waals surface area contributed by atoms with Gasteiger partial charge in [-0.1, -0.05) is 0 Å². The number of hydrogen-bond acceptors (Lipinski definition) is 7. The maximum absolute atomic E-state index is 12.8. The summed E-state index contributed by atoms with van der Waals surface area (Å²) in [5.74, 6) is 0.496. The molecule has 0 spiro atoms. The van der Waals surface area contributed by atoms with Crippen LogP contribution in [0, 0.1) is 24.0 Å². The third-order valence-electron chi connectivity index (χ3n) is 6.20. The Labute approximate surface area is 195 Å². The van der Waals surface area contributed by atoms with E-state index < -0.39 is 4.92 Å². The molecule has 0 saturated heterocycles. The first-order valence-corrected chi connectivity index (χ1v) is 11.2. The van der Waals surface area contributed by atoms with Gasteiger partial charge in [0.2, 0.25) is 5.28 Å². The monoisotopic (exact) mass is 475 g/mol. The van der Waals surface area contributed by atoms with Gasteiger partial charge in [-0.3, -0.25) is 19.2 Å². The molecule has 0 aliphatic heterocycles. The number of halogens is 1. The summed E-state index contributed by atoms with van der Waals surface area (Å²) in [5.41, 5.74) is 2.60. The highest BCUT2D eigenvalue weighted by Crippen LogP contribution is 2.31. The second kappa shape index (κ2) is 9.48. The largest absolute Gasteiger partial charge is 0.491 e.